The molecule has 0 N–H and O–H groups in total. The van der Waals surface area contributed by atoms with E-state index >= 15 is 4.39 Å². The zero-order chi connectivity index (χ0) is 18.8. The molecule has 0 heterocycles. The van der Waals surface area contributed by atoms with Crippen LogP contribution in [0.4, 0.5) is 4.39 Å². The molecule has 1 aromatic carbocycles. The number of hydrogen-bond donors (Lipinski definition) is 0. The van der Waals surface area contributed by atoms with Gasteiger partial charge in [0.1, 0.15) is 6.17 Å². The van der Waals surface area contributed by atoms with Crippen LogP contribution in [0.3, 0.4) is 0 Å². The van der Waals surface area contributed by atoms with Crippen LogP contribution in [0.15, 0.2) is 24.3 Å². The third kappa shape index (κ3) is 4.60. The van der Waals surface area contributed by atoms with E-state index in [-0.39, 0.29) is 5.92 Å². The maximum Gasteiger partial charge on any atom is 0.107 e. The van der Waals surface area contributed by atoms with Gasteiger partial charge in [-0.2, -0.15) is 0 Å². The molecule has 0 saturated heterocycles. The van der Waals surface area contributed by atoms with Gasteiger partial charge in [0.05, 0.1) is 0 Å². The summed E-state index contributed by atoms with van der Waals surface area (Å²) in [5, 5.41) is 0. The fourth-order valence-corrected chi connectivity index (χ4v) is 6.32. The molecule has 0 aliphatic heterocycles. The standard InChI is InChI=1S/C26H39F/c1-18-3-7-20(8-4-18)21-11-13-23(14-12-21)25-16-15-24(17-26(25)27)22-9-5-19(2)6-10-22/h11-14,18-20,22,24-26H,3-10,15-17H2,1-2H3. The van der Waals surface area contributed by atoms with Gasteiger partial charge in [-0.25, -0.2) is 4.39 Å². The van der Waals surface area contributed by atoms with E-state index < -0.39 is 6.17 Å². The predicted molar refractivity (Wildman–Crippen MR) is 113 cm³/mol. The molecule has 3 saturated carbocycles. The molecule has 0 amide bonds. The minimum absolute atomic E-state index is 0.143. The quantitative estimate of drug-likeness (QED) is 0.505. The van der Waals surface area contributed by atoms with Gasteiger partial charge < -0.3 is 0 Å². The van der Waals surface area contributed by atoms with E-state index in [2.05, 4.69) is 38.1 Å². The molecule has 0 nitrogen and oxygen atoms in total. The average molecular weight is 371 g/mol. The lowest BCUT2D eigenvalue weighted by molar-refractivity contribution is 0.105. The molecule has 3 fully saturated rings. The molecular weight excluding hydrogens is 331 g/mol. The maximum absolute atomic E-state index is 15.1. The van der Waals surface area contributed by atoms with Gasteiger partial charge >= 0.3 is 0 Å². The van der Waals surface area contributed by atoms with Crippen LogP contribution in [0.5, 0.6) is 0 Å². The van der Waals surface area contributed by atoms with Gasteiger partial charge in [-0.3, -0.25) is 0 Å². The third-order valence-corrected chi connectivity index (χ3v) is 8.39. The molecule has 0 radical (unpaired) electrons. The fourth-order valence-electron chi connectivity index (χ4n) is 6.32. The second-order valence-corrected chi connectivity index (χ2v) is 10.3. The molecule has 3 aliphatic rings. The molecule has 0 spiro atoms. The Bertz CT molecular complexity index is 575. The largest absolute Gasteiger partial charge is 0.247 e. The molecule has 1 aromatic rings. The first-order chi connectivity index (χ1) is 13.1. The van der Waals surface area contributed by atoms with Crippen LogP contribution in [-0.4, -0.2) is 6.17 Å². The van der Waals surface area contributed by atoms with Crippen LogP contribution >= 0.6 is 0 Å². The molecule has 3 aliphatic carbocycles. The minimum atomic E-state index is -0.635. The first-order valence-electron chi connectivity index (χ1n) is 11.8. The van der Waals surface area contributed by atoms with Gasteiger partial charge in [0.15, 0.2) is 0 Å². The number of alkyl halides is 1. The number of rotatable bonds is 3. The van der Waals surface area contributed by atoms with Crippen molar-refractivity contribution in [3.63, 3.8) is 0 Å². The molecule has 150 valence electrons. The highest BCUT2D eigenvalue weighted by molar-refractivity contribution is 5.29. The van der Waals surface area contributed by atoms with Crippen molar-refractivity contribution in [2.24, 2.45) is 23.7 Å². The summed E-state index contributed by atoms with van der Waals surface area (Å²) < 4.78 is 15.1. The highest BCUT2D eigenvalue weighted by Crippen LogP contribution is 2.45. The summed E-state index contributed by atoms with van der Waals surface area (Å²) in [6.45, 7) is 4.76. The fraction of sp³-hybridized carbons (Fsp3) is 0.769. The van der Waals surface area contributed by atoms with Crippen LogP contribution in [0, 0.1) is 23.7 Å². The zero-order valence-electron chi connectivity index (χ0n) is 17.5. The average Bonchev–Trinajstić information content (AvgIpc) is 2.69. The SMILES string of the molecule is CC1CCC(c2ccc(C3CCC(C4CCC(C)CC4)CC3F)cc2)CC1. The topological polar surface area (TPSA) is 0 Å². The normalized spacial score (nSPS) is 40.6. The number of benzene rings is 1. The first-order valence-corrected chi connectivity index (χ1v) is 11.8. The van der Waals surface area contributed by atoms with Crippen LogP contribution in [0.1, 0.15) is 107 Å². The first kappa shape index (κ1) is 19.5. The van der Waals surface area contributed by atoms with E-state index in [0.29, 0.717) is 5.92 Å². The van der Waals surface area contributed by atoms with E-state index in [9.17, 15) is 0 Å². The zero-order valence-corrected chi connectivity index (χ0v) is 17.5. The van der Waals surface area contributed by atoms with Gasteiger partial charge in [-0.1, -0.05) is 63.8 Å². The van der Waals surface area contributed by atoms with E-state index in [4.69, 9.17) is 0 Å². The Kier molecular flexibility index (Phi) is 6.25. The minimum Gasteiger partial charge on any atom is -0.247 e. The van der Waals surface area contributed by atoms with Crippen molar-refractivity contribution in [2.45, 2.75) is 102 Å². The molecule has 1 heteroatoms. The molecule has 3 atom stereocenters. The Morgan fingerprint density at radius 1 is 0.630 bits per heavy atom. The predicted octanol–water partition coefficient (Wildman–Crippen LogP) is 8.03. The second-order valence-electron chi connectivity index (χ2n) is 10.3. The molecule has 3 unspecified atom stereocenters. The molecule has 0 bridgehead atoms. The number of halogens is 1. The lowest BCUT2D eigenvalue weighted by Gasteiger charge is -2.39. The van der Waals surface area contributed by atoms with Gasteiger partial charge in [0, 0.05) is 5.92 Å². The van der Waals surface area contributed by atoms with Gasteiger partial charge in [0.25, 0.3) is 0 Å². The summed E-state index contributed by atoms with van der Waals surface area (Å²) in [6, 6.07) is 9.15. The van der Waals surface area contributed by atoms with Crippen molar-refractivity contribution < 1.29 is 4.39 Å². The lowest BCUT2D eigenvalue weighted by Crippen LogP contribution is -2.30. The monoisotopic (exact) mass is 370 g/mol. The van der Waals surface area contributed by atoms with Crippen molar-refractivity contribution in [1.82, 2.24) is 0 Å². The van der Waals surface area contributed by atoms with Crippen LogP contribution in [0.2, 0.25) is 0 Å². The van der Waals surface area contributed by atoms with Crippen molar-refractivity contribution in [3.05, 3.63) is 35.4 Å². The highest BCUT2D eigenvalue weighted by atomic mass is 19.1. The summed E-state index contributed by atoms with van der Waals surface area (Å²) in [5.41, 5.74) is 2.75. The van der Waals surface area contributed by atoms with Crippen LogP contribution < -0.4 is 0 Å². The van der Waals surface area contributed by atoms with Crippen molar-refractivity contribution in [2.75, 3.05) is 0 Å². The van der Waals surface area contributed by atoms with Crippen molar-refractivity contribution in [3.8, 4) is 0 Å². The third-order valence-electron chi connectivity index (χ3n) is 8.39. The summed E-state index contributed by atoms with van der Waals surface area (Å²) in [5.74, 6) is 4.12. The van der Waals surface area contributed by atoms with Crippen LogP contribution in [-0.2, 0) is 0 Å². The van der Waals surface area contributed by atoms with E-state index in [1.165, 1.54) is 68.9 Å². The second kappa shape index (κ2) is 8.66. The Morgan fingerprint density at radius 2 is 1.15 bits per heavy atom. The van der Waals surface area contributed by atoms with E-state index in [0.717, 1.165) is 36.5 Å². The molecule has 4 rings (SSSR count). The van der Waals surface area contributed by atoms with E-state index in [1.807, 2.05) is 0 Å². The Labute approximate surface area is 166 Å². The van der Waals surface area contributed by atoms with Gasteiger partial charge in [0.2, 0.25) is 0 Å². The van der Waals surface area contributed by atoms with Crippen molar-refractivity contribution in [1.29, 1.82) is 0 Å². The van der Waals surface area contributed by atoms with Gasteiger partial charge in [-0.05, 0) is 85.7 Å². The lowest BCUT2D eigenvalue weighted by atomic mass is 9.68. The summed E-state index contributed by atoms with van der Waals surface area (Å²) in [6.07, 6.45) is 13.3. The molecule has 0 aromatic heterocycles. The number of hydrogen-bond acceptors (Lipinski definition) is 0. The molecular formula is C26H39F. The van der Waals surface area contributed by atoms with Crippen molar-refractivity contribution >= 4 is 0 Å². The molecule has 27 heavy (non-hydrogen) atoms. The Hall–Kier alpha value is -0.850. The highest BCUT2D eigenvalue weighted by Gasteiger charge is 2.36. The Balaban J connectivity index is 1.34. The van der Waals surface area contributed by atoms with Crippen LogP contribution in [0.25, 0.3) is 0 Å². The van der Waals surface area contributed by atoms with Gasteiger partial charge in [-0.15, -0.1) is 0 Å². The maximum atomic E-state index is 15.1. The smallest absolute Gasteiger partial charge is 0.107 e. The Morgan fingerprint density at radius 3 is 1.74 bits per heavy atom. The summed E-state index contributed by atoms with van der Waals surface area (Å²) in [7, 11) is 0. The summed E-state index contributed by atoms with van der Waals surface area (Å²) in [4.78, 5) is 0. The van der Waals surface area contributed by atoms with E-state index in [1.54, 1.807) is 0 Å². The summed E-state index contributed by atoms with van der Waals surface area (Å²) >= 11 is 0.